The maximum atomic E-state index is 6.25. The van der Waals surface area contributed by atoms with E-state index in [0.29, 0.717) is 17.5 Å². The van der Waals surface area contributed by atoms with Gasteiger partial charge < -0.3 is 4.42 Å². The lowest BCUT2D eigenvalue weighted by Crippen LogP contribution is -2.01. The van der Waals surface area contributed by atoms with Crippen molar-refractivity contribution in [1.82, 2.24) is 15.0 Å². The monoisotopic (exact) mass is 651 g/mol. The lowest BCUT2D eigenvalue weighted by Gasteiger charge is -2.15. The SMILES string of the molecule is c1ccc(-c2ccc3cccc(-c4ccc(-c5nc(-c6ccccc6)nc(-c6cccc7oc8ccccc8c67)n5)c5ccccc45)c3c2)cc1. The number of fused-ring (bicyclic) bond motifs is 5. The average Bonchev–Trinajstić information content (AvgIpc) is 3.60. The summed E-state index contributed by atoms with van der Waals surface area (Å²) in [6.07, 6.45) is 0. The minimum atomic E-state index is 0.603. The molecule has 0 bridgehead atoms. The van der Waals surface area contributed by atoms with Crippen molar-refractivity contribution in [3.63, 3.8) is 0 Å². The zero-order valence-electron chi connectivity index (χ0n) is 27.5. The first kappa shape index (κ1) is 29.0. The molecule has 0 spiro atoms. The van der Waals surface area contributed by atoms with Gasteiger partial charge in [-0.2, -0.15) is 0 Å². The van der Waals surface area contributed by atoms with Crippen LogP contribution in [0.1, 0.15) is 0 Å². The number of aromatic nitrogens is 3. The van der Waals surface area contributed by atoms with Gasteiger partial charge in [0, 0.05) is 27.5 Å². The Morgan fingerprint density at radius 2 is 0.882 bits per heavy atom. The maximum absolute atomic E-state index is 6.25. The first-order chi connectivity index (χ1) is 25.3. The fraction of sp³-hybridized carbons (Fsp3) is 0. The molecule has 4 heteroatoms. The molecule has 0 saturated carbocycles. The predicted molar refractivity (Wildman–Crippen MR) is 209 cm³/mol. The molecule has 0 N–H and O–H groups in total. The highest BCUT2D eigenvalue weighted by atomic mass is 16.3. The molecule has 0 unspecified atom stereocenters. The van der Waals surface area contributed by atoms with Crippen LogP contribution in [0.2, 0.25) is 0 Å². The third-order valence-corrected chi connectivity index (χ3v) is 9.76. The molecule has 0 amide bonds. The Kier molecular flexibility index (Phi) is 6.78. The van der Waals surface area contributed by atoms with Crippen LogP contribution < -0.4 is 0 Å². The van der Waals surface area contributed by atoms with Crippen molar-refractivity contribution in [2.24, 2.45) is 0 Å². The Balaban J connectivity index is 1.19. The van der Waals surface area contributed by atoms with Gasteiger partial charge in [-0.3, -0.25) is 0 Å². The molecule has 0 radical (unpaired) electrons. The lowest BCUT2D eigenvalue weighted by molar-refractivity contribution is 0.669. The van der Waals surface area contributed by atoms with E-state index in [-0.39, 0.29) is 0 Å². The van der Waals surface area contributed by atoms with Crippen molar-refractivity contribution >= 4 is 43.5 Å². The first-order valence-electron chi connectivity index (χ1n) is 17.1. The molecule has 8 aromatic carbocycles. The van der Waals surface area contributed by atoms with E-state index < -0.39 is 0 Å². The summed E-state index contributed by atoms with van der Waals surface area (Å²) in [5, 5.41) is 6.66. The van der Waals surface area contributed by atoms with Crippen LogP contribution in [0, 0.1) is 0 Å². The molecule has 10 aromatic rings. The first-order valence-corrected chi connectivity index (χ1v) is 17.1. The molecule has 51 heavy (non-hydrogen) atoms. The van der Waals surface area contributed by atoms with Crippen molar-refractivity contribution in [3.05, 3.63) is 176 Å². The highest BCUT2D eigenvalue weighted by Gasteiger charge is 2.19. The molecular weight excluding hydrogens is 623 g/mol. The molecule has 0 fully saturated rings. The maximum Gasteiger partial charge on any atom is 0.164 e. The Morgan fingerprint density at radius 3 is 1.69 bits per heavy atom. The molecule has 2 aromatic heterocycles. The van der Waals surface area contributed by atoms with Gasteiger partial charge in [-0.05, 0) is 68.1 Å². The largest absolute Gasteiger partial charge is 0.456 e. The van der Waals surface area contributed by atoms with Crippen LogP contribution in [0.4, 0.5) is 0 Å². The van der Waals surface area contributed by atoms with Gasteiger partial charge in [0.2, 0.25) is 0 Å². The van der Waals surface area contributed by atoms with Crippen molar-refractivity contribution in [1.29, 1.82) is 0 Å². The van der Waals surface area contributed by atoms with Gasteiger partial charge in [-0.25, -0.2) is 15.0 Å². The smallest absolute Gasteiger partial charge is 0.164 e. The van der Waals surface area contributed by atoms with Crippen molar-refractivity contribution in [3.8, 4) is 56.4 Å². The Hall–Kier alpha value is -6.91. The number of benzene rings is 8. The van der Waals surface area contributed by atoms with Crippen LogP contribution in [0.25, 0.3) is 99.9 Å². The Bertz CT molecular complexity index is 2910. The quantitative estimate of drug-likeness (QED) is 0.186. The number of nitrogens with zero attached hydrogens (tertiary/aromatic N) is 3. The third kappa shape index (κ3) is 4.96. The van der Waals surface area contributed by atoms with Crippen molar-refractivity contribution < 1.29 is 4.42 Å². The number of furan rings is 1. The van der Waals surface area contributed by atoms with Crippen LogP contribution in [-0.4, -0.2) is 15.0 Å². The summed E-state index contributed by atoms with van der Waals surface area (Å²) < 4.78 is 6.25. The highest BCUT2D eigenvalue weighted by molar-refractivity contribution is 6.12. The van der Waals surface area contributed by atoms with E-state index in [1.807, 2.05) is 60.7 Å². The molecule has 4 nitrogen and oxygen atoms in total. The number of hydrogen-bond acceptors (Lipinski definition) is 4. The standard InChI is InChI=1S/C47H29N3O/c1-3-13-30(14-4-1)33-26-25-31-17-11-21-36(41(31)29-33)37-27-28-38(35-19-8-7-18-34(35)37)46-48-45(32-15-5-2-6-16-32)49-47(50-46)40-22-12-24-43-44(40)39-20-9-10-23-42(39)51-43/h1-29H. The number of para-hydroxylation sites is 1. The van der Waals surface area contributed by atoms with E-state index in [9.17, 15) is 0 Å². The normalized spacial score (nSPS) is 11.5. The highest BCUT2D eigenvalue weighted by Crippen LogP contribution is 2.40. The summed E-state index contributed by atoms with van der Waals surface area (Å²) in [6, 6.07) is 61.1. The molecule has 238 valence electrons. The lowest BCUT2D eigenvalue weighted by atomic mass is 9.90. The summed E-state index contributed by atoms with van der Waals surface area (Å²) in [5.74, 6) is 1.85. The van der Waals surface area contributed by atoms with Gasteiger partial charge in [0.1, 0.15) is 11.2 Å². The summed E-state index contributed by atoms with van der Waals surface area (Å²) in [6.45, 7) is 0. The topological polar surface area (TPSA) is 51.8 Å². The van der Waals surface area contributed by atoms with E-state index in [1.165, 1.54) is 27.5 Å². The molecule has 0 saturated heterocycles. The summed E-state index contributed by atoms with van der Waals surface area (Å²) in [7, 11) is 0. The number of rotatable bonds is 5. The zero-order chi connectivity index (χ0) is 33.7. The molecular formula is C47H29N3O. The predicted octanol–water partition coefficient (Wildman–Crippen LogP) is 12.4. The molecule has 0 aliphatic carbocycles. The van der Waals surface area contributed by atoms with E-state index in [0.717, 1.165) is 55.0 Å². The minimum Gasteiger partial charge on any atom is -0.456 e. The van der Waals surface area contributed by atoms with Gasteiger partial charge in [-0.1, -0.05) is 152 Å². The molecule has 2 heterocycles. The molecule has 10 rings (SSSR count). The fourth-order valence-electron chi connectivity index (χ4n) is 7.34. The zero-order valence-corrected chi connectivity index (χ0v) is 27.5. The number of hydrogen-bond donors (Lipinski definition) is 0. The third-order valence-electron chi connectivity index (χ3n) is 9.76. The molecule has 0 atom stereocenters. The average molecular weight is 652 g/mol. The summed E-state index contributed by atoms with van der Waals surface area (Å²) >= 11 is 0. The van der Waals surface area contributed by atoms with Crippen molar-refractivity contribution in [2.75, 3.05) is 0 Å². The summed E-state index contributed by atoms with van der Waals surface area (Å²) in [5.41, 5.74) is 9.17. The van der Waals surface area contributed by atoms with Crippen LogP contribution in [0.3, 0.4) is 0 Å². The van der Waals surface area contributed by atoms with Crippen LogP contribution in [-0.2, 0) is 0 Å². The fourth-order valence-corrected chi connectivity index (χ4v) is 7.34. The van der Waals surface area contributed by atoms with Gasteiger partial charge in [0.25, 0.3) is 0 Å². The Labute approximate surface area is 294 Å². The van der Waals surface area contributed by atoms with Crippen LogP contribution >= 0.6 is 0 Å². The van der Waals surface area contributed by atoms with E-state index in [4.69, 9.17) is 19.4 Å². The van der Waals surface area contributed by atoms with Gasteiger partial charge >= 0.3 is 0 Å². The second-order valence-electron chi connectivity index (χ2n) is 12.8. The van der Waals surface area contributed by atoms with Gasteiger partial charge in [-0.15, -0.1) is 0 Å². The second-order valence-corrected chi connectivity index (χ2v) is 12.8. The van der Waals surface area contributed by atoms with Gasteiger partial charge in [0.15, 0.2) is 17.5 Å². The van der Waals surface area contributed by atoms with E-state index in [1.54, 1.807) is 0 Å². The minimum absolute atomic E-state index is 0.603. The van der Waals surface area contributed by atoms with E-state index in [2.05, 4.69) is 115 Å². The molecule has 0 aliphatic rings. The van der Waals surface area contributed by atoms with Crippen LogP contribution in [0.15, 0.2) is 180 Å². The van der Waals surface area contributed by atoms with Gasteiger partial charge in [0.05, 0.1) is 0 Å². The Morgan fingerprint density at radius 1 is 0.314 bits per heavy atom. The van der Waals surface area contributed by atoms with Crippen LogP contribution in [0.5, 0.6) is 0 Å². The molecule has 0 aliphatic heterocycles. The summed E-state index contributed by atoms with van der Waals surface area (Å²) in [4.78, 5) is 15.4. The second kappa shape index (κ2) is 11.9. The van der Waals surface area contributed by atoms with Crippen molar-refractivity contribution in [2.45, 2.75) is 0 Å². The van der Waals surface area contributed by atoms with E-state index >= 15 is 0 Å².